The number of hydrogen-bond donors (Lipinski definition) is 3. The SMILES string of the molecule is CC(=O)Nc1ccc(C(=O)Nc2ccc(NC(C)(C)C)c(C)c2)cc1. The molecule has 2 aromatic rings. The van der Waals surface area contributed by atoms with E-state index >= 15 is 0 Å². The Bertz CT molecular complexity index is 775. The van der Waals surface area contributed by atoms with Gasteiger partial charge in [-0.2, -0.15) is 0 Å². The minimum absolute atomic E-state index is 0.0226. The third-order valence-electron chi connectivity index (χ3n) is 3.46. The number of anilines is 3. The lowest BCUT2D eigenvalue weighted by atomic mass is 10.1. The van der Waals surface area contributed by atoms with Crippen LogP contribution in [-0.2, 0) is 4.79 Å². The van der Waals surface area contributed by atoms with Crippen molar-refractivity contribution in [2.45, 2.75) is 40.2 Å². The highest BCUT2D eigenvalue weighted by molar-refractivity contribution is 6.04. The van der Waals surface area contributed by atoms with Crippen LogP contribution in [0.25, 0.3) is 0 Å². The molecule has 0 spiro atoms. The fourth-order valence-electron chi connectivity index (χ4n) is 2.40. The van der Waals surface area contributed by atoms with Gasteiger partial charge < -0.3 is 16.0 Å². The molecule has 0 saturated heterocycles. The fraction of sp³-hybridized carbons (Fsp3) is 0.300. The van der Waals surface area contributed by atoms with Crippen LogP contribution in [0.15, 0.2) is 42.5 Å². The maximum atomic E-state index is 12.4. The van der Waals surface area contributed by atoms with Crippen molar-refractivity contribution >= 4 is 28.9 Å². The van der Waals surface area contributed by atoms with Crippen molar-refractivity contribution in [1.82, 2.24) is 0 Å². The zero-order valence-corrected chi connectivity index (χ0v) is 15.4. The number of benzene rings is 2. The smallest absolute Gasteiger partial charge is 0.255 e. The van der Waals surface area contributed by atoms with Gasteiger partial charge in [0.05, 0.1) is 0 Å². The van der Waals surface area contributed by atoms with E-state index in [9.17, 15) is 9.59 Å². The monoisotopic (exact) mass is 339 g/mol. The van der Waals surface area contributed by atoms with Crippen LogP contribution in [0, 0.1) is 6.92 Å². The van der Waals surface area contributed by atoms with Gasteiger partial charge >= 0.3 is 0 Å². The molecule has 0 radical (unpaired) electrons. The number of aryl methyl sites for hydroxylation is 1. The molecule has 0 fully saturated rings. The molecular weight excluding hydrogens is 314 g/mol. The quantitative estimate of drug-likeness (QED) is 0.772. The Morgan fingerprint density at radius 1 is 0.880 bits per heavy atom. The highest BCUT2D eigenvalue weighted by Crippen LogP contribution is 2.23. The van der Waals surface area contributed by atoms with Crippen molar-refractivity contribution in [2.75, 3.05) is 16.0 Å². The minimum Gasteiger partial charge on any atom is -0.380 e. The van der Waals surface area contributed by atoms with Crippen molar-refractivity contribution in [2.24, 2.45) is 0 Å². The zero-order valence-electron chi connectivity index (χ0n) is 15.4. The number of amides is 2. The van der Waals surface area contributed by atoms with Gasteiger partial charge in [-0.3, -0.25) is 9.59 Å². The molecule has 0 aliphatic carbocycles. The molecule has 2 amide bonds. The van der Waals surface area contributed by atoms with Crippen molar-refractivity contribution < 1.29 is 9.59 Å². The molecule has 0 bridgehead atoms. The maximum absolute atomic E-state index is 12.4. The summed E-state index contributed by atoms with van der Waals surface area (Å²) in [6.45, 7) is 9.76. The first-order valence-electron chi connectivity index (χ1n) is 8.22. The maximum Gasteiger partial charge on any atom is 0.255 e. The van der Waals surface area contributed by atoms with Crippen LogP contribution < -0.4 is 16.0 Å². The van der Waals surface area contributed by atoms with Gasteiger partial charge in [0.15, 0.2) is 0 Å². The summed E-state index contributed by atoms with van der Waals surface area (Å²) in [5.74, 6) is -0.332. The van der Waals surface area contributed by atoms with E-state index in [1.807, 2.05) is 25.1 Å². The van der Waals surface area contributed by atoms with E-state index in [2.05, 4.69) is 36.7 Å². The zero-order chi connectivity index (χ0) is 18.6. The summed E-state index contributed by atoms with van der Waals surface area (Å²) in [6, 6.07) is 12.6. The number of rotatable bonds is 4. The van der Waals surface area contributed by atoms with E-state index in [0.29, 0.717) is 11.3 Å². The van der Waals surface area contributed by atoms with Crippen LogP contribution in [-0.4, -0.2) is 17.4 Å². The second-order valence-corrected chi connectivity index (χ2v) is 7.12. The lowest BCUT2D eigenvalue weighted by Crippen LogP contribution is -2.26. The van der Waals surface area contributed by atoms with Crippen molar-refractivity contribution in [1.29, 1.82) is 0 Å². The molecule has 0 heterocycles. The molecule has 132 valence electrons. The van der Waals surface area contributed by atoms with Crippen molar-refractivity contribution in [3.8, 4) is 0 Å². The van der Waals surface area contributed by atoms with E-state index in [4.69, 9.17) is 0 Å². The number of carbonyl (C=O) groups excluding carboxylic acids is 2. The summed E-state index contributed by atoms with van der Waals surface area (Å²) in [6.07, 6.45) is 0. The van der Waals surface area contributed by atoms with Gasteiger partial charge in [-0.1, -0.05) is 0 Å². The van der Waals surface area contributed by atoms with E-state index < -0.39 is 0 Å². The van der Waals surface area contributed by atoms with Crippen LogP contribution in [0.4, 0.5) is 17.1 Å². The Labute approximate surface area is 148 Å². The van der Waals surface area contributed by atoms with Gasteiger partial charge in [0.1, 0.15) is 0 Å². The molecule has 5 heteroatoms. The first-order chi connectivity index (χ1) is 11.6. The van der Waals surface area contributed by atoms with Gasteiger partial charge in [0.2, 0.25) is 5.91 Å². The first kappa shape index (κ1) is 18.5. The fourth-order valence-corrected chi connectivity index (χ4v) is 2.40. The second-order valence-electron chi connectivity index (χ2n) is 7.12. The van der Waals surface area contributed by atoms with Gasteiger partial charge in [0, 0.05) is 35.1 Å². The number of carbonyl (C=O) groups is 2. The highest BCUT2D eigenvalue weighted by atomic mass is 16.2. The summed E-state index contributed by atoms with van der Waals surface area (Å²) >= 11 is 0. The van der Waals surface area contributed by atoms with Crippen molar-refractivity contribution in [3.63, 3.8) is 0 Å². The second kappa shape index (κ2) is 7.38. The molecule has 0 aromatic heterocycles. The highest BCUT2D eigenvalue weighted by Gasteiger charge is 2.12. The molecule has 3 N–H and O–H groups in total. The molecule has 2 rings (SSSR count). The summed E-state index contributed by atoms with van der Waals surface area (Å²) < 4.78 is 0. The summed E-state index contributed by atoms with van der Waals surface area (Å²) in [5, 5.41) is 9.01. The topological polar surface area (TPSA) is 70.2 Å². The standard InChI is InChI=1S/C20H25N3O2/c1-13-12-17(10-11-18(13)23-20(3,4)5)22-19(25)15-6-8-16(9-7-15)21-14(2)24/h6-12,23H,1-5H3,(H,21,24)(H,22,25). The van der Waals surface area contributed by atoms with Crippen LogP contribution in [0.1, 0.15) is 43.6 Å². The third kappa shape index (κ3) is 5.64. The van der Waals surface area contributed by atoms with E-state index in [0.717, 1.165) is 16.9 Å². The minimum atomic E-state index is -0.190. The predicted molar refractivity (Wildman–Crippen MR) is 103 cm³/mol. The van der Waals surface area contributed by atoms with E-state index in [1.165, 1.54) is 6.92 Å². The molecule has 0 unspecified atom stereocenters. The van der Waals surface area contributed by atoms with Gasteiger partial charge in [-0.25, -0.2) is 0 Å². The third-order valence-corrected chi connectivity index (χ3v) is 3.46. The van der Waals surface area contributed by atoms with Crippen LogP contribution in [0.3, 0.4) is 0 Å². The summed E-state index contributed by atoms with van der Waals surface area (Å²) in [7, 11) is 0. The lowest BCUT2D eigenvalue weighted by Gasteiger charge is -2.23. The molecule has 2 aromatic carbocycles. The Hall–Kier alpha value is -2.82. The Morgan fingerprint density at radius 2 is 1.48 bits per heavy atom. The molecule has 0 aliphatic heterocycles. The molecule has 0 atom stereocenters. The molecular formula is C20H25N3O2. The van der Waals surface area contributed by atoms with Crippen LogP contribution >= 0.6 is 0 Å². The van der Waals surface area contributed by atoms with Gasteiger partial charge in [0.25, 0.3) is 5.91 Å². The van der Waals surface area contributed by atoms with E-state index in [-0.39, 0.29) is 17.4 Å². The average molecular weight is 339 g/mol. The van der Waals surface area contributed by atoms with Crippen LogP contribution in [0.5, 0.6) is 0 Å². The molecule has 0 aliphatic rings. The van der Waals surface area contributed by atoms with Gasteiger partial charge in [-0.15, -0.1) is 0 Å². The Kier molecular flexibility index (Phi) is 5.47. The molecule has 0 saturated carbocycles. The number of hydrogen-bond acceptors (Lipinski definition) is 3. The molecule has 5 nitrogen and oxygen atoms in total. The number of nitrogens with one attached hydrogen (secondary N) is 3. The van der Waals surface area contributed by atoms with E-state index in [1.54, 1.807) is 24.3 Å². The molecule has 25 heavy (non-hydrogen) atoms. The summed E-state index contributed by atoms with van der Waals surface area (Å²) in [4.78, 5) is 23.4. The Morgan fingerprint density at radius 3 is 2.00 bits per heavy atom. The Balaban J connectivity index is 2.07. The van der Waals surface area contributed by atoms with Crippen molar-refractivity contribution in [3.05, 3.63) is 53.6 Å². The first-order valence-corrected chi connectivity index (χ1v) is 8.22. The van der Waals surface area contributed by atoms with Crippen LogP contribution in [0.2, 0.25) is 0 Å². The normalized spacial score (nSPS) is 10.9. The predicted octanol–water partition coefficient (Wildman–Crippen LogP) is 4.42. The van der Waals surface area contributed by atoms with Gasteiger partial charge in [-0.05, 0) is 75.7 Å². The lowest BCUT2D eigenvalue weighted by molar-refractivity contribution is -0.114. The average Bonchev–Trinajstić information content (AvgIpc) is 2.49. The largest absolute Gasteiger partial charge is 0.380 e. The summed E-state index contributed by atoms with van der Waals surface area (Å²) in [5.41, 5.74) is 4.03.